The van der Waals surface area contributed by atoms with E-state index in [1.165, 1.54) is 4.57 Å². The number of hydrogen-bond acceptors (Lipinski definition) is 8. The van der Waals surface area contributed by atoms with E-state index in [4.69, 9.17) is 14.5 Å². The van der Waals surface area contributed by atoms with Crippen LogP contribution in [0.4, 0.5) is 0 Å². The predicted octanol–water partition coefficient (Wildman–Crippen LogP) is 4.71. The summed E-state index contributed by atoms with van der Waals surface area (Å²) in [4.78, 5) is 30.2. The van der Waals surface area contributed by atoms with Gasteiger partial charge in [-0.2, -0.15) is 0 Å². The van der Waals surface area contributed by atoms with Crippen LogP contribution in [0.25, 0.3) is 16.6 Å². The number of fused-ring (bicyclic) bond motifs is 1. The van der Waals surface area contributed by atoms with Gasteiger partial charge in [0, 0.05) is 0 Å². The summed E-state index contributed by atoms with van der Waals surface area (Å²) in [5.41, 5.74) is 1.68. The van der Waals surface area contributed by atoms with Crippen LogP contribution in [-0.2, 0) is 24.8 Å². The first-order chi connectivity index (χ1) is 19.4. The molecule has 0 aliphatic rings. The molecule has 0 radical (unpaired) electrons. The van der Waals surface area contributed by atoms with Crippen LogP contribution in [0.3, 0.4) is 0 Å². The Morgan fingerprint density at radius 1 is 1.00 bits per heavy atom. The molecule has 0 aliphatic heterocycles. The minimum absolute atomic E-state index is 0.0916. The van der Waals surface area contributed by atoms with Crippen molar-refractivity contribution in [1.29, 1.82) is 0 Å². The number of carbonyl (C=O) groups is 1. The Morgan fingerprint density at radius 3 is 2.29 bits per heavy atom. The molecule has 3 aromatic carbocycles. The van der Waals surface area contributed by atoms with E-state index >= 15 is 0 Å². The van der Waals surface area contributed by atoms with Crippen molar-refractivity contribution in [3.05, 3.63) is 94.5 Å². The van der Waals surface area contributed by atoms with Crippen molar-refractivity contribution in [3.63, 3.8) is 0 Å². The first-order valence-electron chi connectivity index (χ1n) is 13.4. The lowest BCUT2D eigenvalue weighted by Crippen LogP contribution is -2.32. The van der Waals surface area contributed by atoms with Gasteiger partial charge < -0.3 is 9.47 Å². The molecule has 1 N–H and O–H groups in total. The molecule has 4 aromatic rings. The number of esters is 1. The smallest absolute Gasteiger partial charge is 0.344 e. The van der Waals surface area contributed by atoms with Crippen molar-refractivity contribution >= 4 is 26.7 Å². The number of para-hydroxylation sites is 1. The summed E-state index contributed by atoms with van der Waals surface area (Å²) in [7, 11) is -3.66. The third-order valence-corrected chi connectivity index (χ3v) is 8.14. The van der Waals surface area contributed by atoms with E-state index in [1.807, 2.05) is 12.1 Å². The van der Waals surface area contributed by atoms with Crippen molar-refractivity contribution < 1.29 is 22.7 Å². The van der Waals surface area contributed by atoms with Gasteiger partial charge in [-0.1, -0.05) is 45.0 Å². The van der Waals surface area contributed by atoms with E-state index in [0.717, 1.165) is 5.56 Å². The molecule has 216 valence electrons. The van der Waals surface area contributed by atoms with E-state index in [9.17, 15) is 18.0 Å². The summed E-state index contributed by atoms with van der Waals surface area (Å²) in [5.74, 6) is -0.0345. The van der Waals surface area contributed by atoms with Gasteiger partial charge in [0.15, 0.2) is 16.4 Å². The van der Waals surface area contributed by atoms with Crippen molar-refractivity contribution in [3.8, 4) is 11.4 Å². The number of aromatic nitrogens is 2. The lowest BCUT2D eigenvalue weighted by atomic mass is 9.87. The van der Waals surface area contributed by atoms with Crippen LogP contribution >= 0.6 is 0 Å². The number of nitrogens with zero attached hydrogens (tertiary/aromatic N) is 2. The van der Waals surface area contributed by atoms with E-state index in [2.05, 4.69) is 26.1 Å². The number of sulfone groups is 1. The lowest BCUT2D eigenvalue weighted by molar-refractivity contribution is -0.145. The Bertz CT molecular complexity index is 1690. The lowest BCUT2D eigenvalue weighted by Gasteiger charge is -2.21. The van der Waals surface area contributed by atoms with Crippen molar-refractivity contribution in [2.24, 2.45) is 0 Å². The molecule has 0 aliphatic carbocycles. The monoisotopic (exact) mass is 577 g/mol. The average molecular weight is 578 g/mol. The zero-order chi connectivity index (χ0) is 29.8. The Hall–Kier alpha value is -4.02. The van der Waals surface area contributed by atoms with Gasteiger partial charge in [-0.15, -0.1) is 0 Å². The number of benzene rings is 3. The highest BCUT2D eigenvalue weighted by Crippen LogP contribution is 2.24. The summed E-state index contributed by atoms with van der Waals surface area (Å²) in [6.07, 6.45) is 0. The maximum atomic E-state index is 13.6. The number of nitrogens with one attached hydrogen (secondary N) is 1. The molecular formula is C31H35N3O6S. The molecule has 1 aromatic heterocycles. The standard InChI is InChI=1S/C31H35N3O6S/c1-6-39-28(35)19-40-24-15-13-23(14-16-24)34-29(33-27-10-8-7-9-26(27)30(34)36)21(2)32-20-41(37,38)25-17-11-22(12-18-25)31(3,4)5/h7-18,21,32H,6,19-20H2,1-5H3. The SMILES string of the molecule is CCOC(=O)COc1ccc(-n2c(C(C)NCS(=O)(=O)c3ccc(C(C)(C)C)cc3)nc3ccccc3c2=O)cc1. The third kappa shape index (κ3) is 7.01. The molecule has 0 amide bonds. The van der Waals surface area contributed by atoms with Crippen molar-refractivity contribution in [2.45, 2.75) is 51.0 Å². The molecule has 0 saturated carbocycles. The van der Waals surface area contributed by atoms with Gasteiger partial charge in [0.2, 0.25) is 0 Å². The Morgan fingerprint density at radius 2 is 1.66 bits per heavy atom. The van der Waals surface area contributed by atoms with E-state index in [1.54, 1.807) is 74.5 Å². The van der Waals surface area contributed by atoms with Crippen LogP contribution in [0.2, 0.25) is 0 Å². The second-order valence-corrected chi connectivity index (χ2v) is 12.7. The largest absolute Gasteiger partial charge is 0.482 e. The minimum atomic E-state index is -3.66. The van der Waals surface area contributed by atoms with Crippen molar-refractivity contribution in [1.82, 2.24) is 14.9 Å². The molecular weight excluding hydrogens is 542 g/mol. The van der Waals surface area contributed by atoms with Gasteiger partial charge in [0.1, 0.15) is 17.5 Å². The highest BCUT2D eigenvalue weighted by atomic mass is 32.2. The third-order valence-electron chi connectivity index (χ3n) is 6.60. The maximum absolute atomic E-state index is 13.6. The molecule has 1 unspecified atom stereocenters. The van der Waals surface area contributed by atoms with E-state index < -0.39 is 21.8 Å². The topological polar surface area (TPSA) is 117 Å². The predicted molar refractivity (Wildman–Crippen MR) is 158 cm³/mol. The molecule has 4 rings (SSSR count). The Balaban J connectivity index is 1.62. The summed E-state index contributed by atoms with van der Waals surface area (Å²) < 4.78 is 38.1. The molecule has 1 atom stereocenters. The molecule has 0 fully saturated rings. The zero-order valence-electron chi connectivity index (χ0n) is 23.9. The summed E-state index contributed by atoms with van der Waals surface area (Å²) >= 11 is 0. The molecule has 10 heteroatoms. The van der Waals surface area contributed by atoms with Crippen LogP contribution in [0.1, 0.15) is 52.0 Å². The fourth-order valence-electron chi connectivity index (χ4n) is 4.30. The summed E-state index contributed by atoms with van der Waals surface area (Å²) in [6.45, 7) is 9.72. The minimum Gasteiger partial charge on any atom is -0.482 e. The van der Waals surface area contributed by atoms with Gasteiger partial charge in [0.05, 0.1) is 34.1 Å². The van der Waals surface area contributed by atoms with Crippen LogP contribution in [0.5, 0.6) is 5.75 Å². The zero-order valence-corrected chi connectivity index (χ0v) is 24.7. The van der Waals surface area contributed by atoms with Crippen LogP contribution in [-0.4, -0.2) is 43.0 Å². The van der Waals surface area contributed by atoms with E-state index in [0.29, 0.717) is 28.2 Å². The first-order valence-corrected chi connectivity index (χ1v) is 15.0. The van der Waals surface area contributed by atoms with Gasteiger partial charge in [0.25, 0.3) is 5.56 Å². The molecule has 1 heterocycles. The highest BCUT2D eigenvalue weighted by Gasteiger charge is 2.22. The molecule has 0 spiro atoms. The highest BCUT2D eigenvalue weighted by molar-refractivity contribution is 7.91. The first kappa shape index (κ1) is 30.0. The molecule has 41 heavy (non-hydrogen) atoms. The van der Waals surface area contributed by atoms with Crippen LogP contribution < -0.4 is 15.6 Å². The quantitative estimate of drug-likeness (QED) is 0.270. The van der Waals surface area contributed by atoms with Crippen molar-refractivity contribution in [2.75, 3.05) is 19.1 Å². The van der Waals surface area contributed by atoms with Gasteiger partial charge in [-0.3, -0.25) is 14.7 Å². The van der Waals surface area contributed by atoms with E-state index in [-0.39, 0.29) is 35.0 Å². The Labute approximate surface area is 240 Å². The summed E-state index contributed by atoms with van der Waals surface area (Å²) in [5, 5.41) is 3.48. The average Bonchev–Trinajstić information content (AvgIpc) is 2.95. The fraction of sp³-hybridized carbons (Fsp3) is 0.323. The molecule has 0 saturated heterocycles. The number of hydrogen-bond donors (Lipinski definition) is 1. The molecule has 0 bridgehead atoms. The fourth-order valence-corrected chi connectivity index (χ4v) is 5.48. The number of ether oxygens (including phenoxy) is 2. The number of carbonyl (C=O) groups excluding carboxylic acids is 1. The van der Waals surface area contributed by atoms with Gasteiger partial charge >= 0.3 is 5.97 Å². The second kappa shape index (κ2) is 12.2. The normalized spacial score (nSPS) is 12.7. The van der Waals surface area contributed by atoms with Crippen LogP contribution in [0, 0.1) is 0 Å². The second-order valence-electron chi connectivity index (χ2n) is 10.7. The van der Waals surface area contributed by atoms with Gasteiger partial charge in [-0.25, -0.2) is 18.2 Å². The maximum Gasteiger partial charge on any atom is 0.344 e. The summed E-state index contributed by atoms with van der Waals surface area (Å²) in [6, 6.07) is 20.0. The van der Waals surface area contributed by atoms with Gasteiger partial charge in [-0.05, 0) is 73.4 Å². The number of rotatable bonds is 10. The van der Waals surface area contributed by atoms with Crippen LogP contribution in [0.15, 0.2) is 82.5 Å². The Kier molecular flexibility index (Phi) is 8.94. The molecule has 9 nitrogen and oxygen atoms in total.